The number of benzene rings is 1. The minimum absolute atomic E-state index is 0.258. The summed E-state index contributed by atoms with van der Waals surface area (Å²) in [6.07, 6.45) is 2.93. The van der Waals surface area contributed by atoms with E-state index in [0.29, 0.717) is 11.3 Å². The molecule has 0 spiro atoms. The van der Waals surface area contributed by atoms with Gasteiger partial charge in [-0.15, -0.1) is 0 Å². The smallest absolute Gasteiger partial charge is 0.331 e. The largest absolute Gasteiger partial charge is 0.479 e. The molecule has 0 aliphatic rings. The third-order valence-electron chi connectivity index (χ3n) is 3.22. The molecule has 21 heavy (non-hydrogen) atoms. The maximum atomic E-state index is 12.1. The van der Waals surface area contributed by atoms with Crippen molar-refractivity contribution >= 4 is 17.6 Å². The summed E-state index contributed by atoms with van der Waals surface area (Å²) >= 11 is 0. The number of aromatic nitrogens is 2. The van der Waals surface area contributed by atoms with Crippen LogP contribution in [-0.4, -0.2) is 26.8 Å². The highest BCUT2D eigenvalue weighted by atomic mass is 16.4. The van der Waals surface area contributed by atoms with Crippen LogP contribution in [0.5, 0.6) is 0 Å². The van der Waals surface area contributed by atoms with E-state index in [2.05, 4.69) is 10.4 Å². The Balaban J connectivity index is 2.16. The molecule has 2 rings (SSSR count). The molecule has 0 unspecified atom stereocenters. The number of aliphatic carboxylic acids is 1. The fourth-order valence-corrected chi connectivity index (χ4v) is 1.78. The predicted octanol–water partition coefficient (Wildman–Crippen LogP) is 2.26. The van der Waals surface area contributed by atoms with Crippen molar-refractivity contribution in [3.8, 4) is 0 Å². The minimum Gasteiger partial charge on any atom is -0.479 e. The number of aryl methyl sites for hydroxylation is 1. The highest BCUT2D eigenvalue weighted by Gasteiger charge is 2.30. The second kappa shape index (κ2) is 5.40. The first-order chi connectivity index (χ1) is 9.80. The number of nitrogens with one attached hydrogen (secondary N) is 1. The molecular weight excluding hydrogens is 270 g/mol. The molecule has 0 bridgehead atoms. The van der Waals surface area contributed by atoms with E-state index in [4.69, 9.17) is 5.11 Å². The summed E-state index contributed by atoms with van der Waals surface area (Å²) in [6, 6.07) is 7.21. The number of rotatable bonds is 4. The Morgan fingerprint density at radius 1 is 1.33 bits per heavy atom. The Morgan fingerprint density at radius 2 is 2.05 bits per heavy atom. The van der Waals surface area contributed by atoms with Gasteiger partial charge >= 0.3 is 5.97 Å². The summed E-state index contributed by atoms with van der Waals surface area (Å²) in [4.78, 5) is 23.3. The highest BCUT2D eigenvalue weighted by molar-refractivity contribution is 6.04. The molecule has 1 heterocycles. The summed E-state index contributed by atoms with van der Waals surface area (Å²) in [6.45, 7) is 4.98. The summed E-state index contributed by atoms with van der Waals surface area (Å²) in [5.41, 5.74) is 0.813. The van der Waals surface area contributed by atoms with Gasteiger partial charge in [-0.3, -0.25) is 9.48 Å². The predicted molar refractivity (Wildman–Crippen MR) is 78.3 cm³/mol. The minimum atomic E-state index is -1.17. The van der Waals surface area contributed by atoms with Crippen molar-refractivity contribution in [2.24, 2.45) is 0 Å². The van der Waals surface area contributed by atoms with Gasteiger partial charge in [0.1, 0.15) is 0 Å². The molecule has 0 radical (unpaired) electrons. The van der Waals surface area contributed by atoms with Crippen molar-refractivity contribution in [2.75, 3.05) is 5.32 Å². The maximum absolute atomic E-state index is 12.1. The van der Waals surface area contributed by atoms with E-state index < -0.39 is 11.5 Å². The Bertz CT molecular complexity index is 689. The van der Waals surface area contributed by atoms with Crippen LogP contribution in [0.1, 0.15) is 29.8 Å². The lowest BCUT2D eigenvalue weighted by atomic mass is 10.1. The fourth-order valence-electron chi connectivity index (χ4n) is 1.78. The van der Waals surface area contributed by atoms with Crippen LogP contribution in [0, 0.1) is 6.92 Å². The number of amides is 1. The maximum Gasteiger partial charge on any atom is 0.331 e. The van der Waals surface area contributed by atoms with Gasteiger partial charge in [-0.1, -0.05) is 17.7 Å². The number of carboxylic acid groups (broad SMARTS) is 1. The third kappa shape index (κ3) is 3.10. The molecule has 2 aromatic rings. The molecule has 0 saturated heterocycles. The zero-order valence-electron chi connectivity index (χ0n) is 12.1. The first-order valence-electron chi connectivity index (χ1n) is 6.47. The lowest BCUT2D eigenvalue weighted by molar-refractivity contribution is -0.146. The number of carboxylic acids is 1. The molecule has 1 aromatic heterocycles. The Morgan fingerprint density at radius 3 is 2.67 bits per heavy atom. The number of hydrogen-bond acceptors (Lipinski definition) is 3. The molecule has 1 amide bonds. The molecule has 0 aliphatic carbocycles. The Kier molecular flexibility index (Phi) is 3.80. The van der Waals surface area contributed by atoms with Gasteiger partial charge in [-0.2, -0.15) is 5.10 Å². The summed E-state index contributed by atoms with van der Waals surface area (Å²) in [5, 5.41) is 15.8. The molecule has 0 atom stereocenters. The zero-order chi connectivity index (χ0) is 15.6. The van der Waals surface area contributed by atoms with Crippen molar-refractivity contribution < 1.29 is 14.7 Å². The van der Waals surface area contributed by atoms with Crippen molar-refractivity contribution in [3.05, 3.63) is 47.8 Å². The fraction of sp³-hybridized carbons (Fsp3) is 0.267. The van der Waals surface area contributed by atoms with Gasteiger partial charge in [0.05, 0.1) is 11.9 Å². The van der Waals surface area contributed by atoms with E-state index in [1.807, 2.05) is 13.0 Å². The van der Waals surface area contributed by atoms with Crippen LogP contribution >= 0.6 is 0 Å². The number of carbonyl (C=O) groups is 2. The van der Waals surface area contributed by atoms with Crippen LogP contribution in [0.2, 0.25) is 0 Å². The van der Waals surface area contributed by atoms with Gasteiger partial charge in [0.25, 0.3) is 5.91 Å². The van der Waals surface area contributed by atoms with Crippen LogP contribution in [-0.2, 0) is 10.3 Å². The van der Waals surface area contributed by atoms with Crippen LogP contribution in [0.4, 0.5) is 5.69 Å². The zero-order valence-corrected chi connectivity index (χ0v) is 12.1. The van der Waals surface area contributed by atoms with E-state index >= 15 is 0 Å². The summed E-state index contributed by atoms with van der Waals surface area (Å²) < 4.78 is 1.31. The quantitative estimate of drug-likeness (QED) is 0.903. The van der Waals surface area contributed by atoms with Crippen molar-refractivity contribution in [1.82, 2.24) is 9.78 Å². The molecule has 6 heteroatoms. The SMILES string of the molecule is Cc1cccc(C(=O)Nc2cnn(C(C)(C)C(=O)O)c2)c1. The topological polar surface area (TPSA) is 84.2 Å². The average Bonchev–Trinajstić information content (AvgIpc) is 2.87. The standard InChI is InChI=1S/C15H17N3O3/c1-10-5-4-6-11(7-10)13(19)17-12-8-16-18(9-12)15(2,3)14(20)21/h4-9H,1-3H3,(H,17,19)(H,20,21). The molecule has 0 aliphatic heterocycles. The molecular formula is C15H17N3O3. The second-order valence-electron chi connectivity index (χ2n) is 5.36. The number of carbonyl (C=O) groups excluding carboxylic acids is 1. The van der Waals surface area contributed by atoms with Crippen molar-refractivity contribution in [2.45, 2.75) is 26.3 Å². The summed E-state index contributed by atoms with van der Waals surface area (Å²) in [5.74, 6) is -1.26. The number of nitrogens with zero attached hydrogens (tertiary/aromatic N) is 2. The molecule has 0 fully saturated rings. The number of hydrogen-bond donors (Lipinski definition) is 2. The Hall–Kier alpha value is -2.63. The molecule has 1 aromatic carbocycles. The first-order valence-corrected chi connectivity index (χ1v) is 6.47. The van der Waals surface area contributed by atoms with Crippen molar-refractivity contribution in [3.63, 3.8) is 0 Å². The average molecular weight is 287 g/mol. The van der Waals surface area contributed by atoms with E-state index in [1.165, 1.54) is 30.9 Å². The van der Waals surface area contributed by atoms with E-state index in [9.17, 15) is 9.59 Å². The lowest BCUT2D eigenvalue weighted by Crippen LogP contribution is -2.35. The van der Waals surface area contributed by atoms with Gasteiger partial charge in [0, 0.05) is 11.8 Å². The Labute approximate surface area is 122 Å². The normalized spacial score (nSPS) is 11.2. The van der Waals surface area contributed by atoms with E-state index in [1.54, 1.807) is 18.2 Å². The van der Waals surface area contributed by atoms with Gasteiger partial charge in [-0.25, -0.2) is 4.79 Å². The van der Waals surface area contributed by atoms with Gasteiger partial charge < -0.3 is 10.4 Å². The van der Waals surface area contributed by atoms with Crippen LogP contribution in [0.3, 0.4) is 0 Å². The monoisotopic (exact) mass is 287 g/mol. The van der Waals surface area contributed by atoms with Gasteiger partial charge in [0.15, 0.2) is 5.54 Å². The second-order valence-corrected chi connectivity index (χ2v) is 5.36. The van der Waals surface area contributed by atoms with Crippen molar-refractivity contribution in [1.29, 1.82) is 0 Å². The molecule has 6 nitrogen and oxygen atoms in total. The van der Waals surface area contributed by atoms with E-state index in [0.717, 1.165) is 5.56 Å². The first kappa shape index (κ1) is 14.8. The highest BCUT2D eigenvalue weighted by Crippen LogP contribution is 2.18. The molecule has 0 saturated carbocycles. The lowest BCUT2D eigenvalue weighted by Gasteiger charge is -2.19. The van der Waals surface area contributed by atoms with Gasteiger partial charge in [-0.05, 0) is 32.9 Å². The van der Waals surface area contributed by atoms with Crippen LogP contribution in [0.25, 0.3) is 0 Å². The molecule has 110 valence electrons. The van der Waals surface area contributed by atoms with Crippen LogP contribution < -0.4 is 5.32 Å². The van der Waals surface area contributed by atoms with Gasteiger partial charge in [0.2, 0.25) is 0 Å². The molecule has 2 N–H and O–H groups in total. The van der Waals surface area contributed by atoms with E-state index in [-0.39, 0.29) is 5.91 Å². The summed E-state index contributed by atoms with van der Waals surface area (Å²) in [7, 11) is 0. The number of anilines is 1. The van der Waals surface area contributed by atoms with Crippen LogP contribution in [0.15, 0.2) is 36.7 Å². The third-order valence-corrected chi connectivity index (χ3v) is 3.22.